The molecule has 3 N–H and O–H groups in total. The molecule has 0 radical (unpaired) electrons. The maximum atomic E-state index is 13.0. The molecule has 0 heterocycles. The SMILES string of the molecule is CC(C)(C)N(Cc1ccc(N)cc1C(F)(F)F)C(=O)O. The number of rotatable bonds is 2. The van der Waals surface area contributed by atoms with Crippen molar-refractivity contribution in [2.75, 3.05) is 5.73 Å². The molecule has 112 valence electrons. The molecular weight excluding hydrogens is 273 g/mol. The van der Waals surface area contributed by atoms with E-state index in [1.807, 2.05) is 0 Å². The van der Waals surface area contributed by atoms with Gasteiger partial charge in [0.25, 0.3) is 0 Å². The molecule has 0 spiro atoms. The number of nitrogens with zero attached hydrogens (tertiary/aromatic N) is 1. The van der Waals surface area contributed by atoms with Gasteiger partial charge in [0.2, 0.25) is 0 Å². The van der Waals surface area contributed by atoms with Gasteiger partial charge in [-0.3, -0.25) is 4.90 Å². The minimum atomic E-state index is -4.58. The number of benzene rings is 1. The number of alkyl halides is 3. The fraction of sp³-hybridized carbons (Fsp3) is 0.462. The van der Waals surface area contributed by atoms with Gasteiger partial charge < -0.3 is 10.8 Å². The highest BCUT2D eigenvalue weighted by Crippen LogP contribution is 2.34. The molecule has 0 aliphatic rings. The van der Waals surface area contributed by atoms with E-state index in [1.54, 1.807) is 20.8 Å². The molecule has 1 rings (SSSR count). The molecule has 0 aliphatic carbocycles. The number of hydrogen-bond acceptors (Lipinski definition) is 2. The van der Waals surface area contributed by atoms with Crippen LogP contribution in [0.1, 0.15) is 31.9 Å². The van der Waals surface area contributed by atoms with Crippen LogP contribution in [0.4, 0.5) is 23.7 Å². The monoisotopic (exact) mass is 290 g/mol. The van der Waals surface area contributed by atoms with Crippen molar-refractivity contribution < 1.29 is 23.1 Å². The molecule has 0 atom stereocenters. The summed E-state index contributed by atoms with van der Waals surface area (Å²) < 4.78 is 38.9. The Labute approximate surface area is 115 Å². The lowest BCUT2D eigenvalue weighted by Crippen LogP contribution is -2.44. The number of hydrogen-bond donors (Lipinski definition) is 2. The number of nitrogens with two attached hydrogens (primary N) is 1. The summed E-state index contributed by atoms with van der Waals surface area (Å²) in [6.45, 7) is 4.50. The number of halogens is 3. The fourth-order valence-corrected chi connectivity index (χ4v) is 1.76. The first-order valence-corrected chi connectivity index (χ1v) is 5.89. The van der Waals surface area contributed by atoms with Gasteiger partial charge in [-0.2, -0.15) is 13.2 Å². The minimum Gasteiger partial charge on any atom is -0.465 e. The molecule has 0 aromatic heterocycles. The van der Waals surface area contributed by atoms with Crippen molar-refractivity contribution in [2.45, 2.75) is 39.0 Å². The van der Waals surface area contributed by atoms with Crippen LogP contribution in [0.25, 0.3) is 0 Å². The first kappa shape index (κ1) is 16.1. The minimum absolute atomic E-state index is 0.0151. The molecule has 20 heavy (non-hydrogen) atoms. The average Bonchev–Trinajstić information content (AvgIpc) is 2.23. The van der Waals surface area contributed by atoms with Crippen molar-refractivity contribution in [3.8, 4) is 0 Å². The van der Waals surface area contributed by atoms with Crippen molar-refractivity contribution in [2.24, 2.45) is 0 Å². The summed E-state index contributed by atoms with van der Waals surface area (Å²) in [6, 6.07) is 3.35. The zero-order chi connectivity index (χ0) is 15.7. The van der Waals surface area contributed by atoms with Crippen LogP contribution in [0.15, 0.2) is 18.2 Å². The Morgan fingerprint density at radius 2 is 1.85 bits per heavy atom. The maximum Gasteiger partial charge on any atom is 0.416 e. The van der Waals surface area contributed by atoms with E-state index in [2.05, 4.69) is 0 Å². The lowest BCUT2D eigenvalue weighted by molar-refractivity contribution is -0.138. The van der Waals surface area contributed by atoms with Gasteiger partial charge in [-0.1, -0.05) is 6.07 Å². The Balaban J connectivity index is 3.24. The van der Waals surface area contributed by atoms with Crippen LogP contribution in [-0.4, -0.2) is 21.6 Å². The fourth-order valence-electron chi connectivity index (χ4n) is 1.76. The van der Waals surface area contributed by atoms with Gasteiger partial charge in [0.15, 0.2) is 0 Å². The van der Waals surface area contributed by atoms with Gasteiger partial charge in [0.1, 0.15) is 0 Å². The Kier molecular flexibility index (Phi) is 4.21. The third-order valence-electron chi connectivity index (χ3n) is 2.81. The number of amides is 1. The largest absolute Gasteiger partial charge is 0.465 e. The first-order chi connectivity index (χ1) is 8.93. The van der Waals surface area contributed by atoms with Gasteiger partial charge in [0.05, 0.1) is 12.1 Å². The molecule has 0 aliphatic heterocycles. The van der Waals surface area contributed by atoms with Crippen LogP contribution in [0, 0.1) is 0 Å². The van der Waals surface area contributed by atoms with Gasteiger partial charge in [0, 0.05) is 11.2 Å². The Bertz CT molecular complexity index is 507. The first-order valence-electron chi connectivity index (χ1n) is 5.89. The highest BCUT2D eigenvalue weighted by atomic mass is 19.4. The molecule has 7 heteroatoms. The van der Waals surface area contributed by atoms with Gasteiger partial charge in [-0.25, -0.2) is 4.79 Å². The molecule has 4 nitrogen and oxygen atoms in total. The smallest absolute Gasteiger partial charge is 0.416 e. The summed E-state index contributed by atoms with van der Waals surface area (Å²) >= 11 is 0. The summed E-state index contributed by atoms with van der Waals surface area (Å²) in [5.41, 5.74) is 3.52. The van der Waals surface area contributed by atoms with E-state index in [-0.39, 0.29) is 17.8 Å². The number of anilines is 1. The van der Waals surface area contributed by atoms with Crippen molar-refractivity contribution in [1.29, 1.82) is 0 Å². The molecule has 1 aromatic carbocycles. The quantitative estimate of drug-likeness (QED) is 0.818. The second-order valence-corrected chi connectivity index (χ2v) is 5.45. The third kappa shape index (κ3) is 3.79. The van der Waals surface area contributed by atoms with E-state index in [4.69, 9.17) is 10.8 Å². The topological polar surface area (TPSA) is 66.6 Å². The van der Waals surface area contributed by atoms with E-state index in [1.165, 1.54) is 12.1 Å². The maximum absolute atomic E-state index is 13.0. The second-order valence-electron chi connectivity index (χ2n) is 5.45. The second kappa shape index (κ2) is 5.22. The summed E-state index contributed by atoms with van der Waals surface area (Å²) in [6.07, 6.45) is -5.85. The molecule has 0 fully saturated rings. The van der Waals surface area contributed by atoms with Crippen molar-refractivity contribution in [1.82, 2.24) is 4.90 Å². The lowest BCUT2D eigenvalue weighted by Gasteiger charge is -2.33. The average molecular weight is 290 g/mol. The molecule has 0 saturated carbocycles. The van der Waals surface area contributed by atoms with Gasteiger partial charge in [-0.05, 0) is 38.5 Å². The Morgan fingerprint density at radius 1 is 1.30 bits per heavy atom. The highest BCUT2D eigenvalue weighted by Gasteiger charge is 2.35. The van der Waals surface area contributed by atoms with E-state index in [0.717, 1.165) is 11.0 Å². The zero-order valence-electron chi connectivity index (χ0n) is 11.5. The number of nitrogen functional groups attached to an aromatic ring is 1. The van der Waals surface area contributed by atoms with E-state index in [0.29, 0.717) is 0 Å². The molecule has 1 amide bonds. The van der Waals surface area contributed by atoms with E-state index < -0.39 is 23.4 Å². The predicted octanol–water partition coefficient (Wildman–Crippen LogP) is 3.57. The van der Waals surface area contributed by atoms with Crippen LogP contribution in [0.2, 0.25) is 0 Å². The van der Waals surface area contributed by atoms with Crippen LogP contribution in [0.5, 0.6) is 0 Å². The standard InChI is InChI=1S/C13H17F3N2O2/c1-12(2,3)18(11(19)20)7-8-4-5-9(17)6-10(8)13(14,15)16/h4-6H,7,17H2,1-3H3,(H,19,20). The summed E-state index contributed by atoms with van der Waals surface area (Å²) in [5, 5.41) is 9.14. The van der Waals surface area contributed by atoms with Crippen LogP contribution in [-0.2, 0) is 12.7 Å². The number of carboxylic acid groups (broad SMARTS) is 1. The molecular formula is C13H17F3N2O2. The van der Waals surface area contributed by atoms with Crippen molar-refractivity contribution in [3.05, 3.63) is 29.3 Å². The van der Waals surface area contributed by atoms with Gasteiger partial charge >= 0.3 is 12.3 Å². The summed E-state index contributed by atoms with van der Waals surface area (Å²) in [5.74, 6) is 0. The summed E-state index contributed by atoms with van der Waals surface area (Å²) in [7, 11) is 0. The van der Waals surface area contributed by atoms with Crippen LogP contribution < -0.4 is 5.73 Å². The van der Waals surface area contributed by atoms with Crippen LogP contribution >= 0.6 is 0 Å². The summed E-state index contributed by atoms with van der Waals surface area (Å²) in [4.78, 5) is 12.2. The van der Waals surface area contributed by atoms with Crippen molar-refractivity contribution >= 4 is 11.8 Å². The highest BCUT2D eigenvalue weighted by molar-refractivity contribution is 5.66. The normalized spacial score (nSPS) is 12.3. The Hall–Kier alpha value is -1.92. The predicted molar refractivity (Wildman–Crippen MR) is 69.2 cm³/mol. The van der Waals surface area contributed by atoms with Crippen molar-refractivity contribution in [3.63, 3.8) is 0 Å². The molecule has 0 bridgehead atoms. The van der Waals surface area contributed by atoms with E-state index in [9.17, 15) is 18.0 Å². The molecule has 0 saturated heterocycles. The number of carbonyl (C=O) groups is 1. The third-order valence-corrected chi connectivity index (χ3v) is 2.81. The molecule has 0 unspecified atom stereocenters. The van der Waals surface area contributed by atoms with E-state index >= 15 is 0 Å². The van der Waals surface area contributed by atoms with Gasteiger partial charge in [-0.15, -0.1) is 0 Å². The lowest BCUT2D eigenvalue weighted by atomic mass is 10.0. The van der Waals surface area contributed by atoms with Crippen LogP contribution in [0.3, 0.4) is 0 Å². The zero-order valence-corrected chi connectivity index (χ0v) is 11.5. The molecule has 1 aromatic rings. The Morgan fingerprint density at radius 3 is 2.25 bits per heavy atom.